The van der Waals surface area contributed by atoms with Crippen LogP contribution in [0.25, 0.3) is 0 Å². The fourth-order valence-corrected chi connectivity index (χ4v) is 5.53. The first-order valence-corrected chi connectivity index (χ1v) is 12.3. The van der Waals surface area contributed by atoms with Crippen LogP contribution in [0.1, 0.15) is 21.9 Å². The second-order valence-corrected chi connectivity index (χ2v) is 10.0. The second kappa shape index (κ2) is 10.3. The van der Waals surface area contributed by atoms with Crippen LogP contribution in [0.15, 0.2) is 90.2 Å². The van der Waals surface area contributed by atoms with E-state index in [4.69, 9.17) is 11.6 Å². The molecule has 0 bridgehead atoms. The normalized spacial score (nSPS) is 12.3. The van der Waals surface area contributed by atoms with Crippen LogP contribution < -0.4 is 5.32 Å². The van der Waals surface area contributed by atoms with Gasteiger partial charge in [0.05, 0.1) is 4.90 Å². The Balaban J connectivity index is 1.71. The molecule has 5 nitrogen and oxygen atoms in total. The molecule has 0 saturated heterocycles. The Hall–Kier alpha value is -3.36. The predicted molar refractivity (Wildman–Crippen MR) is 128 cm³/mol. The Bertz CT molecular complexity index is 1390. The zero-order valence-electron chi connectivity index (χ0n) is 17.8. The molecule has 0 aliphatic rings. The third kappa shape index (κ3) is 5.40. The lowest BCUT2D eigenvalue weighted by molar-refractivity contribution is 0.569. The topological polar surface area (TPSA) is 72.0 Å². The maximum absolute atomic E-state index is 14.8. The highest BCUT2D eigenvalue weighted by molar-refractivity contribution is 7.91. The number of pyridine rings is 2. The summed E-state index contributed by atoms with van der Waals surface area (Å²) in [5.74, 6) is -1.15. The minimum atomic E-state index is -4.17. The Kier molecular flexibility index (Phi) is 7.19. The number of rotatable bonds is 8. The van der Waals surface area contributed by atoms with Crippen LogP contribution in [0.2, 0.25) is 5.02 Å². The Morgan fingerprint density at radius 3 is 2.38 bits per heavy atom. The number of aromatic nitrogens is 2. The third-order valence-electron chi connectivity index (χ3n) is 5.25. The minimum Gasteiger partial charge on any atom is -0.370 e. The van der Waals surface area contributed by atoms with E-state index in [1.165, 1.54) is 42.6 Å². The van der Waals surface area contributed by atoms with E-state index < -0.39 is 26.7 Å². The summed E-state index contributed by atoms with van der Waals surface area (Å²) in [4.78, 5) is 8.17. The Morgan fingerprint density at radius 1 is 0.912 bits per heavy atom. The van der Waals surface area contributed by atoms with Gasteiger partial charge in [-0.25, -0.2) is 22.2 Å². The van der Waals surface area contributed by atoms with E-state index in [9.17, 15) is 17.2 Å². The van der Waals surface area contributed by atoms with E-state index in [1.807, 2.05) is 12.1 Å². The van der Waals surface area contributed by atoms with Gasteiger partial charge in [0.1, 0.15) is 22.7 Å². The SMILES string of the molecule is O=S(=O)(c1ccc(Cl)cc1)C(c1ccnc(NCCc2ccncc2)c1)c1cc(F)ccc1F. The first-order chi connectivity index (χ1) is 16.3. The number of benzene rings is 2. The number of nitrogens with zero attached hydrogens (tertiary/aromatic N) is 2. The van der Waals surface area contributed by atoms with Crippen molar-refractivity contribution in [1.29, 1.82) is 0 Å². The number of sulfone groups is 1. The van der Waals surface area contributed by atoms with E-state index in [1.54, 1.807) is 12.4 Å². The van der Waals surface area contributed by atoms with E-state index in [0.717, 1.165) is 23.8 Å². The van der Waals surface area contributed by atoms with Crippen LogP contribution in [-0.2, 0) is 16.3 Å². The maximum atomic E-state index is 14.8. The highest BCUT2D eigenvalue weighted by Gasteiger charge is 2.33. The molecule has 9 heteroatoms. The van der Waals surface area contributed by atoms with Gasteiger partial charge in [0.2, 0.25) is 0 Å². The predicted octanol–water partition coefficient (Wildman–Crippen LogP) is 5.63. The minimum absolute atomic E-state index is 0.0606. The molecule has 4 rings (SSSR count). The lowest BCUT2D eigenvalue weighted by Gasteiger charge is -2.20. The van der Waals surface area contributed by atoms with Gasteiger partial charge in [-0.15, -0.1) is 0 Å². The van der Waals surface area contributed by atoms with Gasteiger partial charge >= 0.3 is 0 Å². The van der Waals surface area contributed by atoms with Crippen molar-refractivity contribution in [3.63, 3.8) is 0 Å². The van der Waals surface area contributed by atoms with Gasteiger partial charge in [0.15, 0.2) is 9.84 Å². The van der Waals surface area contributed by atoms with Crippen molar-refractivity contribution in [1.82, 2.24) is 9.97 Å². The van der Waals surface area contributed by atoms with Crippen LogP contribution in [0.3, 0.4) is 0 Å². The smallest absolute Gasteiger partial charge is 0.189 e. The molecule has 4 aromatic rings. The second-order valence-electron chi connectivity index (χ2n) is 7.55. The van der Waals surface area contributed by atoms with E-state index in [-0.39, 0.29) is 16.0 Å². The monoisotopic (exact) mass is 499 g/mol. The van der Waals surface area contributed by atoms with E-state index >= 15 is 0 Å². The van der Waals surface area contributed by atoms with E-state index in [2.05, 4.69) is 15.3 Å². The molecule has 0 spiro atoms. The van der Waals surface area contributed by atoms with Crippen molar-refractivity contribution in [3.05, 3.63) is 119 Å². The highest BCUT2D eigenvalue weighted by atomic mass is 35.5. The number of anilines is 1. The van der Waals surface area contributed by atoms with Gasteiger partial charge in [-0.05, 0) is 84.3 Å². The van der Waals surface area contributed by atoms with Gasteiger partial charge < -0.3 is 5.32 Å². The van der Waals surface area contributed by atoms with Gasteiger partial charge in [-0.1, -0.05) is 11.6 Å². The summed E-state index contributed by atoms with van der Waals surface area (Å²) in [7, 11) is -4.17. The summed E-state index contributed by atoms with van der Waals surface area (Å²) in [5, 5.41) is 2.02. The molecule has 0 saturated carbocycles. The molecule has 2 heterocycles. The average molecular weight is 500 g/mol. The molecule has 1 unspecified atom stereocenters. The molecule has 0 fully saturated rings. The maximum Gasteiger partial charge on any atom is 0.189 e. The highest BCUT2D eigenvalue weighted by Crippen LogP contribution is 2.37. The largest absolute Gasteiger partial charge is 0.370 e. The van der Waals surface area contributed by atoms with Gasteiger partial charge in [0, 0.05) is 35.7 Å². The van der Waals surface area contributed by atoms with Crippen LogP contribution in [0, 0.1) is 11.6 Å². The molecule has 0 radical (unpaired) electrons. The molecule has 0 amide bonds. The van der Waals surface area contributed by atoms with Crippen molar-refractivity contribution in [3.8, 4) is 0 Å². The zero-order valence-corrected chi connectivity index (χ0v) is 19.4. The van der Waals surface area contributed by atoms with Gasteiger partial charge in [0.25, 0.3) is 0 Å². The van der Waals surface area contributed by atoms with Crippen LogP contribution in [0.4, 0.5) is 14.6 Å². The standard InChI is InChI=1S/C25H20ClF2N3O2S/c26-19-1-4-21(5-2-19)34(32,33)25(22-16-20(27)3-6-23(22)28)18-10-14-31-24(15-18)30-13-9-17-7-11-29-12-8-17/h1-8,10-12,14-16,25H,9,13H2,(H,30,31). The summed E-state index contributed by atoms with van der Waals surface area (Å²) >= 11 is 5.91. The molecule has 1 atom stereocenters. The van der Waals surface area contributed by atoms with Crippen LogP contribution in [-0.4, -0.2) is 24.9 Å². The summed E-state index contributed by atoms with van der Waals surface area (Å²) in [6.45, 7) is 0.531. The average Bonchev–Trinajstić information content (AvgIpc) is 2.83. The molecule has 174 valence electrons. The van der Waals surface area contributed by atoms with Crippen molar-refractivity contribution >= 4 is 27.3 Å². The molecule has 0 aliphatic carbocycles. The molecule has 2 aromatic heterocycles. The molecular formula is C25H20ClF2N3O2S. The summed E-state index contributed by atoms with van der Waals surface area (Å²) in [5.41, 5.74) is 1.04. The van der Waals surface area contributed by atoms with Crippen molar-refractivity contribution in [2.45, 2.75) is 16.6 Å². The summed E-state index contributed by atoms with van der Waals surface area (Å²) in [6, 6.07) is 15.1. The number of hydrogen-bond donors (Lipinski definition) is 1. The van der Waals surface area contributed by atoms with Crippen LogP contribution in [0.5, 0.6) is 0 Å². The summed E-state index contributed by atoms with van der Waals surface area (Å²) < 4.78 is 56.2. The molecule has 2 aromatic carbocycles. The van der Waals surface area contributed by atoms with Crippen molar-refractivity contribution in [2.75, 3.05) is 11.9 Å². The Morgan fingerprint density at radius 2 is 1.65 bits per heavy atom. The molecule has 34 heavy (non-hydrogen) atoms. The fourth-order valence-electron chi connectivity index (χ4n) is 3.59. The molecular weight excluding hydrogens is 480 g/mol. The lowest BCUT2D eigenvalue weighted by atomic mass is 10.0. The number of nitrogens with one attached hydrogen (secondary N) is 1. The van der Waals surface area contributed by atoms with Crippen molar-refractivity contribution in [2.24, 2.45) is 0 Å². The van der Waals surface area contributed by atoms with Gasteiger partial charge in [-0.3, -0.25) is 4.98 Å². The quantitative estimate of drug-likeness (QED) is 0.340. The van der Waals surface area contributed by atoms with Gasteiger partial charge in [-0.2, -0.15) is 0 Å². The number of hydrogen-bond acceptors (Lipinski definition) is 5. The first kappa shape index (κ1) is 23.8. The van der Waals surface area contributed by atoms with E-state index in [0.29, 0.717) is 23.8 Å². The third-order valence-corrected chi connectivity index (χ3v) is 7.58. The summed E-state index contributed by atoms with van der Waals surface area (Å²) in [6.07, 6.45) is 5.53. The van der Waals surface area contributed by atoms with Crippen molar-refractivity contribution < 1.29 is 17.2 Å². The number of halogens is 3. The molecule has 0 aliphatic heterocycles. The Labute approximate surface area is 201 Å². The van der Waals surface area contributed by atoms with Crippen LogP contribution >= 0.6 is 11.6 Å². The first-order valence-electron chi connectivity index (χ1n) is 10.4. The lowest BCUT2D eigenvalue weighted by Crippen LogP contribution is -2.17. The molecule has 1 N–H and O–H groups in total. The zero-order chi connectivity index (χ0) is 24.1. The fraction of sp³-hybridized carbons (Fsp3) is 0.120.